The van der Waals surface area contributed by atoms with Gasteiger partial charge in [0.2, 0.25) is 9.81 Å². The highest BCUT2D eigenvalue weighted by molar-refractivity contribution is 7.90. The molecule has 0 N–H and O–H groups in total. The molecular weight excluding hydrogens is 406 g/mol. The molecule has 0 radical (unpaired) electrons. The van der Waals surface area contributed by atoms with Crippen LogP contribution in [-0.2, 0) is 22.7 Å². The van der Waals surface area contributed by atoms with Crippen LogP contribution in [0.15, 0.2) is 63.9 Å². The molecule has 0 spiro atoms. The summed E-state index contributed by atoms with van der Waals surface area (Å²) in [6.07, 6.45) is -4.74. The van der Waals surface area contributed by atoms with Crippen molar-refractivity contribution >= 4 is 21.4 Å². The van der Waals surface area contributed by atoms with Crippen molar-refractivity contribution in [3.63, 3.8) is 0 Å². The van der Waals surface area contributed by atoms with E-state index in [1.54, 1.807) is 30.3 Å². The Balaban J connectivity index is 2.11. The molecule has 3 aromatic rings. The van der Waals surface area contributed by atoms with E-state index >= 15 is 0 Å². The van der Waals surface area contributed by atoms with Crippen LogP contribution in [0.3, 0.4) is 0 Å². The monoisotopic (exact) mass is 417 g/mol. The highest BCUT2D eigenvalue weighted by Crippen LogP contribution is 2.29. The standard InChI is InChI=1S/C16H11F4N3O2S2/c17-12-6-8-13(9-7-12)27(24,25)22-15-23(10-11-4-2-1-3-5-11)21-14(26-15)16(18,19)20/h1-9H,10H2/b22-15-. The predicted octanol–water partition coefficient (Wildman–Crippen LogP) is 3.44. The Morgan fingerprint density at radius 2 is 1.67 bits per heavy atom. The van der Waals surface area contributed by atoms with Crippen molar-refractivity contribution in [2.75, 3.05) is 0 Å². The van der Waals surface area contributed by atoms with Gasteiger partial charge in [0, 0.05) is 0 Å². The van der Waals surface area contributed by atoms with Crippen molar-refractivity contribution in [2.45, 2.75) is 17.6 Å². The summed E-state index contributed by atoms with van der Waals surface area (Å²) >= 11 is 0.117. The second-order valence-corrected chi connectivity index (χ2v) is 7.91. The van der Waals surface area contributed by atoms with Gasteiger partial charge in [-0.2, -0.15) is 26.7 Å². The Kier molecular flexibility index (Phi) is 5.16. The van der Waals surface area contributed by atoms with Crippen LogP contribution in [0.5, 0.6) is 0 Å². The summed E-state index contributed by atoms with van der Waals surface area (Å²) in [5.41, 5.74) is 0.622. The Hall–Kier alpha value is -2.53. The second kappa shape index (κ2) is 7.24. The van der Waals surface area contributed by atoms with Gasteiger partial charge in [-0.25, -0.2) is 9.07 Å². The van der Waals surface area contributed by atoms with Gasteiger partial charge in [0.15, 0.2) is 0 Å². The highest BCUT2D eigenvalue weighted by atomic mass is 32.2. The normalized spacial score (nSPS) is 13.1. The third kappa shape index (κ3) is 4.61. The third-order valence-corrected chi connectivity index (χ3v) is 5.74. The fraction of sp³-hybridized carbons (Fsp3) is 0.125. The number of hydrogen-bond donors (Lipinski definition) is 0. The van der Waals surface area contributed by atoms with Crippen LogP contribution < -0.4 is 4.80 Å². The molecule has 5 nitrogen and oxygen atoms in total. The minimum absolute atomic E-state index is 0.0921. The van der Waals surface area contributed by atoms with Crippen molar-refractivity contribution in [3.8, 4) is 0 Å². The Morgan fingerprint density at radius 3 is 2.26 bits per heavy atom. The molecule has 0 aliphatic carbocycles. The molecule has 11 heteroatoms. The molecule has 142 valence electrons. The number of benzene rings is 2. The summed E-state index contributed by atoms with van der Waals surface area (Å²) in [7, 11) is -4.34. The lowest BCUT2D eigenvalue weighted by Crippen LogP contribution is -2.19. The van der Waals surface area contributed by atoms with Gasteiger partial charge < -0.3 is 0 Å². The van der Waals surface area contributed by atoms with Gasteiger partial charge in [-0.3, -0.25) is 0 Å². The lowest BCUT2D eigenvalue weighted by atomic mass is 10.2. The zero-order valence-corrected chi connectivity index (χ0v) is 15.0. The zero-order valence-electron chi connectivity index (χ0n) is 13.4. The molecule has 1 heterocycles. The van der Waals surface area contributed by atoms with Crippen LogP contribution in [-0.4, -0.2) is 18.2 Å². The van der Waals surface area contributed by atoms with Gasteiger partial charge in [0.1, 0.15) is 5.82 Å². The van der Waals surface area contributed by atoms with E-state index in [0.29, 0.717) is 5.56 Å². The van der Waals surface area contributed by atoms with Crippen LogP contribution in [0.2, 0.25) is 0 Å². The number of sulfonamides is 1. The van der Waals surface area contributed by atoms with E-state index in [9.17, 15) is 26.0 Å². The van der Waals surface area contributed by atoms with Gasteiger partial charge in [-0.05, 0) is 29.8 Å². The zero-order chi connectivity index (χ0) is 19.7. The summed E-state index contributed by atoms with van der Waals surface area (Å²) in [6.45, 7) is -0.0921. The summed E-state index contributed by atoms with van der Waals surface area (Å²) in [6, 6.07) is 12.3. The van der Waals surface area contributed by atoms with Gasteiger partial charge in [-0.1, -0.05) is 41.7 Å². The van der Waals surface area contributed by atoms with E-state index < -0.39 is 31.8 Å². The number of alkyl halides is 3. The van der Waals surface area contributed by atoms with Crippen molar-refractivity contribution in [2.24, 2.45) is 4.40 Å². The molecule has 0 aliphatic heterocycles. The molecule has 0 unspecified atom stereocenters. The van der Waals surface area contributed by atoms with Crippen molar-refractivity contribution < 1.29 is 26.0 Å². The minimum atomic E-state index is -4.74. The van der Waals surface area contributed by atoms with Crippen molar-refractivity contribution in [1.29, 1.82) is 0 Å². The second-order valence-electron chi connectivity index (χ2n) is 5.35. The van der Waals surface area contributed by atoms with Gasteiger partial charge in [0.05, 0.1) is 11.4 Å². The maximum atomic E-state index is 13.0. The molecule has 0 amide bonds. The maximum absolute atomic E-state index is 13.0. The Labute approximate surface area is 155 Å². The molecule has 0 saturated heterocycles. The van der Waals surface area contributed by atoms with E-state index in [2.05, 4.69) is 9.50 Å². The molecule has 0 saturated carbocycles. The average Bonchev–Trinajstić information content (AvgIpc) is 2.98. The molecule has 0 fully saturated rings. The van der Waals surface area contributed by atoms with Gasteiger partial charge >= 0.3 is 6.18 Å². The Morgan fingerprint density at radius 1 is 1.04 bits per heavy atom. The Bertz CT molecular complexity index is 1100. The number of aromatic nitrogens is 2. The quantitative estimate of drug-likeness (QED) is 0.611. The third-order valence-electron chi connectivity index (χ3n) is 3.35. The van der Waals surface area contributed by atoms with Crippen LogP contribution in [0.1, 0.15) is 10.6 Å². The lowest BCUT2D eigenvalue weighted by Gasteiger charge is -2.03. The predicted molar refractivity (Wildman–Crippen MR) is 89.8 cm³/mol. The number of rotatable bonds is 4. The molecule has 3 rings (SSSR count). The van der Waals surface area contributed by atoms with Gasteiger partial charge in [-0.15, -0.1) is 4.40 Å². The lowest BCUT2D eigenvalue weighted by molar-refractivity contribution is -0.138. The maximum Gasteiger partial charge on any atom is 0.445 e. The molecule has 2 aromatic carbocycles. The molecular formula is C16H11F4N3O2S2. The fourth-order valence-electron chi connectivity index (χ4n) is 2.11. The first-order valence-corrected chi connectivity index (χ1v) is 9.66. The van der Waals surface area contributed by atoms with Crippen molar-refractivity contribution in [1.82, 2.24) is 9.78 Å². The highest BCUT2D eigenvalue weighted by Gasteiger charge is 2.36. The topological polar surface area (TPSA) is 64.3 Å². The first-order valence-electron chi connectivity index (χ1n) is 7.41. The van der Waals surface area contributed by atoms with Crippen LogP contribution in [0.25, 0.3) is 0 Å². The first-order chi connectivity index (χ1) is 12.6. The number of nitrogens with zero attached hydrogens (tertiary/aromatic N) is 3. The van der Waals surface area contributed by atoms with E-state index in [1.807, 2.05) is 0 Å². The molecule has 1 aromatic heterocycles. The molecule has 0 bridgehead atoms. The van der Waals surface area contributed by atoms with E-state index in [1.165, 1.54) is 0 Å². The summed E-state index contributed by atoms with van der Waals surface area (Å²) < 4.78 is 81.2. The smallest absolute Gasteiger partial charge is 0.233 e. The van der Waals surface area contributed by atoms with Gasteiger partial charge in [0.25, 0.3) is 10.0 Å². The van der Waals surface area contributed by atoms with Crippen LogP contribution in [0, 0.1) is 5.82 Å². The van der Waals surface area contributed by atoms with Crippen LogP contribution in [0.4, 0.5) is 17.6 Å². The first kappa shape index (κ1) is 19.2. The summed E-state index contributed by atoms with van der Waals surface area (Å²) in [4.78, 5) is -0.771. The molecule has 0 atom stereocenters. The summed E-state index contributed by atoms with van der Waals surface area (Å²) in [5.74, 6) is -0.648. The molecule has 27 heavy (non-hydrogen) atoms. The van der Waals surface area contributed by atoms with E-state index in [4.69, 9.17) is 0 Å². The average molecular weight is 417 g/mol. The van der Waals surface area contributed by atoms with E-state index in [-0.39, 0.29) is 22.8 Å². The van der Waals surface area contributed by atoms with Crippen molar-refractivity contribution in [3.05, 3.63) is 75.8 Å². The summed E-state index contributed by atoms with van der Waals surface area (Å²) in [5, 5.41) is 2.24. The van der Waals surface area contributed by atoms with Crippen LogP contribution >= 0.6 is 11.3 Å². The number of halogens is 4. The molecule has 0 aliphatic rings. The fourth-order valence-corrected chi connectivity index (χ4v) is 4.08. The van der Waals surface area contributed by atoms with E-state index in [0.717, 1.165) is 28.9 Å². The SMILES string of the molecule is O=S(=O)(/N=c1\sc(C(F)(F)F)nn1Cc1ccccc1)c1ccc(F)cc1. The number of hydrogen-bond acceptors (Lipinski definition) is 4. The largest absolute Gasteiger partial charge is 0.445 e. The minimum Gasteiger partial charge on any atom is -0.233 e.